The number of aryl methyl sites for hydroxylation is 1. The van der Waals surface area contributed by atoms with Gasteiger partial charge in [0.05, 0.1) is 11.4 Å². The fraction of sp³-hybridized carbons (Fsp3) is 0.188. The lowest BCUT2D eigenvalue weighted by Crippen LogP contribution is -2.32. The van der Waals surface area contributed by atoms with Gasteiger partial charge in [0.1, 0.15) is 0 Å². The summed E-state index contributed by atoms with van der Waals surface area (Å²) in [6, 6.07) is 13.6. The topological polar surface area (TPSA) is 75.3 Å². The smallest absolute Gasteiger partial charge is 0.241 e. The molecule has 23 heavy (non-hydrogen) atoms. The van der Waals surface area contributed by atoms with Crippen molar-refractivity contribution in [2.45, 2.75) is 18.2 Å². The molecule has 2 N–H and O–H groups in total. The predicted octanol–water partition coefficient (Wildman–Crippen LogP) is 2.93. The number of nitrogens with one attached hydrogen (secondary N) is 2. The van der Waals surface area contributed by atoms with Gasteiger partial charge in [-0.25, -0.2) is 13.1 Å². The first-order valence-electron chi connectivity index (χ1n) is 7.05. The van der Waals surface area contributed by atoms with Crippen LogP contribution < -0.4 is 10.0 Å². The molecule has 0 aliphatic carbocycles. The van der Waals surface area contributed by atoms with Crippen molar-refractivity contribution < 1.29 is 13.2 Å². The van der Waals surface area contributed by atoms with E-state index in [0.29, 0.717) is 5.69 Å². The first kappa shape index (κ1) is 17.7. The number of halogens is 1. The Morgan fingerprint density at radius 1 is 1.13 bits per heavy atom. The van der Waals surface area contributed by atoms with Gasteiger partial charge < -0.3 is 5.32 Å². The maximum absolute atomic E-state index is 12.1. The first-order valence-corrected chi connectivity index (χ1v) is 9.32. The van der Waals surface area contributed by atoms with E-state index < -0.39 is 15.9 Å². The van der Waals surface area contributed by atoms with Gasteiger partial charge in [-0.3, -0.25) is 4.79 Å². The molecule has 0 atom stereocenters. The number of amides is 1. The van der Waals surface area contributed by atoms with Gasteiger partial charge in [0, 0.05) is 10.2 Å². The molecule has 1 amide bonds. The third-order valence-corrected chi connectivity index (χ3v) is 5.11. The molecule has 0 aromatic heterocycles. The number of rotatable bonds is 6. The molecule has 0 bridgehead atoms. The van der Waals surface area contributed by atoms with Crippen LogP contribution in [0.25, 0.3) is 0 Å². The van der Waals surface area contributed by atoms with E-state index in [1.54, 1.807) is 18.2 Å². The van der Waals surface area contributed by atoms with Crippen LogP contribution in [-0.4, -0.2) is 20.9 Å². The molecule has 0 aliphatic rings. The highest BCUT2D eigenvalue weighted by molar-refractivity contribution is 9.10. The quantitative estimate of drug-likeness (QED) is 0.787. The number of hydrogen-bond donors (Lipinski definition) is 2. The van der Waals surface area contributed by atoms with Crippen LogP contribution in [0.15, 0.2) is 57.9 Å². The fourth-order valence-electron chi connectivity index (χ4n) is 1.93. The summed E-state index contributed by atoms with van der Waals surface area (Å²) in [4.78, 5) is 12.0. The molecule has 0 heterocycles. The molecule has 2 rings (SSSR count). The number of anilines is 1. The Labute approximate surface area is 144 Å². The van der Waals surface area contributed by atoms with Gasteiger partial charge in [0.15, 0.2) is 0 Å². The third-order valence-electron chi connectivity index (χ3n) is 3.17. The Balaban J connectivity index is 1.96. The molecule has 2 aromatic rings. The molecule has 0 saturated heterocycles. The minimum Gasteiger partial charge on any atom is -0.325 e. The average Bonchev–Trinajstić information content (AvgIpc) is 2.54. The largest absolute Gasteiger partial charge is 0.325 e. The van der Waals surface area contributed by atoms with Crippen LogP contribution >= 0.6 is 15.9 Å². The van der Waals surface area contributed by atoms with Crippen LogP contribution in [0.3, 0.4) is 0 Å². The van der Waals surface area contributed by atoms with E-state index in [2.05, 4.69) is 26.0 Å². The average molecular weight is 397 g/mol. The van der Waals surface area contributed by atoms with Gasteiger partial charge in [-0.05, 0) is 48.4 Å². The van der Waals surface area contributed by atoms with E-state index in [0.717, 1.165) is 16.5 Å². The molecule has 122 valence electrons. The van der Waals surface area contributed by atoms with Gasteiger partial charge >= 0.3 is 0 Å². The molecule has 0 fully saturated rings. The minimum absolute atomic E-state index is 0.112. The van der Waals surface area contributed by atoms with E-state index in [9.17, 15) is 13.2 Å². The van der Waals surface area contributed by atoms with E-state index in [4.69, 9.17) is 0 Å². The van der Waals surface area contributed by atoms with Crippen molar-refractivity contribution in [1.82, 2.24) is 4.72 Å². The predicted molar refractivity (Wildman–Crippen MR) is 93.8 cm³/mol. The van der Waals surface area contributed by atoms with E-state index >= 15 is 0 Å². The van der Waals surface area contributed by atoms with Gasteiger partial charge in [-0.1, -0.05) is 35.0 Å². The molecular weight excluding hydrogens is 380 g/mol. The van der Waals surface area contributed by atoms with Gasteiger partial charge in [0.25, 0.3) is 0 Å². The number of carbonyl (C=O) groups excluding carboxylic acids is 1. The molecule has 0 saturated carbocycles. The van der Waals surface area contributed by atoms with Crippen LogP contribution in [0.4, 0.5) is 5.69 Å². The van der Waals surface area contributed by atoms with E-state index in [1.807, 2.05) is 25.1 Å². The minimum atomic E-state index is -3.71. The molecular formula is C16H17BrN2O3S. The van der Waals surface area contributed by atoms with Crippen molar-refractivity contribution in [3.63, 3.8) is 0 Å². The molecule has 0 aliphatic heterocycles. The lowest BCUT2D eigenvalue weighted by atomic mass is 10.1. The summed E-state index contributed by atoms with van der Waals surface area (Å²) >= 11 is 3.24. The van der Waals surface area contributed by atoms with Gasteiger partial charge in [-0.15, -0.1) is 0 Å². The normalized spacial score (nSPS) is 11.2. The second kappa shape index (κ2) is 7.72. The second-order valence-corrected chi connectivity index (χ2v) is 7.56. The fourth-order valence-corrected chi connectivity index (χ4v) is 3.18. The van der Waals surface area contributed by atoms with Gasteiger partial charge in [-0.2, -0.15) is 0 Å². The number of carbonyl (C=O) groups is 1. The molecule has 0 spiro atoms. The summed E-state index contributed by atoms with van der Waals surface area (Å²) < 4.78 is 27.3. The highest BCUT2D eigenvalue weighted by Crippen LogP contribution is 2.14. The summed E-state index contributed by atoms with van der Waals surface area (Å²) in [5.74, 6) is -0.418. The first-order chi connectivity index (χ1) is 10.9. The number of sulfonamides is 1. The summed E-state index contributed by atoms with van der Waals surface area (Å²) in [6.45, 7) is 1.70. The maximum atomic E-state index is 12.1. The summed E-state index contributed by atoms with van der Waals surface area (Å²) in [5.41, 5.74) is 1.75. The number of hydrogen-bond acceptors (Lipinski definition) is 3. The Kier molecular flexibility index (Phi) is 5.92. The Morgan fingerprint density at radius 2 is 1.83 bits per heavy atom. The standard InChI is InChI=1S/C16H17BrN2O3S/c1-2-12-4-3-5-14(10-12)19-16(20)11-18-23(21,22)15-8-6-13(17)7-9-15/h3-10,18H,2,11H2,1H3,(H,19,20). The van der Waals surface area contributed by atoms with Crippen molar-refractivity contribution in [1.29, 1.82) is 0 Å². The lowest BCUT2D eigenvalue weighted by molar-refractivity contribution is -0.115. The maximum Gasteiger partial charge on any atom is 0.241 e. The van der Waals surface area contributed by atoms with Crippen LogP contribution in [-0.2, 0) is 21.2 Å². The third kappa shape index (κ3) is 5.16. The van der Waals surface area contributed by atoms with Crippen molar-refractivity contribution >= 4 is 37.5 Å². The van der Waals surface area contributed by atoms with Crippen LogP contribution in [0.5, 0.6) is 0 Å². The Bertz CT molecular complexity index is 789. The second-order valence-electron chi connectivity index (χ2n) is 4.88. The zero-order valence-electron chi connectivity index (χ0n) is 12.5. The Morgan fingerprint density at radius 3 is 2.48 bits per heavy atom. The lowest BCUT2D eigenvalue weighted by Gasteiger charge is -2.09. The zero-order chi connectivity index (χ0) is 16.9. The summed E-state index contributed by atoms with van der Waals surface area (Å²) in [7, 11) is -3.71. The van der Waals surface area contributed by atoms with Crippen molar-refractivity contribution in [2.75, 3.05) is 11.9 Å². The summed E-state index contributed by atoms with van der Waals surface area (Å²) in [5, 5.41) is 2.68. The molecule has 7 heteroatoms. The Hall–Kier alpha value is -1.70. The molecule has 0 unspecified atom stereocenters. The SMILES string of the molecule is CCc1cccc(NC(=O)CNS(=O)(=O)c2ccc(Br)cc2)c1. The molecule has 2 aromatic carbocycles. The molecule has 5 nitrogen and oxygen atoms in total. The van der Waals surface area contributed by atoms with E-state index in [-0.39, 0.29) is 11.4 Å². The van der Waals surface area contributed by atoms with Crippen LogP contribution in [0, 0.1) is 0 Å². The van der Waals surface area contributed by atoms with Crippen molar-refractivity contribution in [3.05, 3.63) is 58.6 Å². The highest BCUT2D eigenvalue weighted by atomic mass is 79.9. The number of benzene rings is 2. The molecule has 0 radical (unpaired) electrons. The van der Waals surface area contributed by atoms with Crippen molar-refractivity contribution in [2.24, 2.45) is 0 Å². The van der Waals surface area contributed by atoms with Crippen LogP contribution in [0.1, 0.15) is 12.5 Å². The monoisotopic (exact) mass is 396 g/mol. The van der Waals surface area contributed by atoms with Gasteiger partial charge in [0.2, 0.25) is 15.9 Å². The zero-order valence-corrected chi connectivity index (χ0v) is 14.9. The van der Waals surface area contributed by atoms with Crippen molar-refractivity contribution in [3.8, 4) is 0 Å². The highest BCUT2D eigenvalue weighted by Gasteiger charge is 2.15. The van der Waals surface area contributed by atoms with E-state index in [1.165, 1.54) is 12.1 Å². The van der Waals surface area contributed by atoms with Crippen LogP contribution in [0.2, 0.25) is 0 Å². The summed E-state index contributed by atoms with van der Waals surface area (Å²) in [6.07, 6.45) is 0.861.